The van der Waals surface area contributed by atoms with Gasteiger partial charge in [-0.1, -0.05) is 52.3 Å². The standard InChI is InChI=1S/C27H14BrN3O4S/c28-12-9-10-16-15(11-12)27(26(34)31-16)19-21(32)13-5-1-2-6-14(13)22(33)23(19)35-24(29)20(27)25-30-17-7-3-4-8-18(17)36-25/h1-11H,29H2,(H,31,34). The van der Waals surface area contributed by atoms with E-state index in [2.05, 4.69) is 21.2 Å². The summed E-state index contributed by atoms with van der Waals surface area (Å²) in [4.78, 5) is 46.5. The molecule has 9 heteroatoms. The average Bonchev–Trinajstić information content (AvgIpc) is 3.42. The van der Waals surface area contributed by atoms with E-state index in [1.165, 1.54) is 11.3 Å². The first-order chi connectivity index (χ1) is 17.4. The maximum absolute atomic E-state index is 14.1. The van der Waals surface area contributed by atoms with Gasteiger partial charge in [0.25, 0.3) is 0 Å². The molecule has 7 rings (SSSR count). The van der Waals surface area contributed by atoms with E-state index in [0.29, 0.717) is 20.7 Å². The van der Waals surface area contributed by atoms with Crippen LogP contribution in [0.15, 0.2) is 88.4 Å². The number of carbonyl (C=O) groups is 3. The predicted octanol–water partition coefficient (Wildman–Crippen LogP) is 4.94. The smallest absolute Gasteiger partial charge is 0.244 e. The third-order valence-corrected chi connectivity index (χ3v) is 8.31. The number of nitrogens with one attached hydrogen (secondary N) is 1. The van der Waals surface area contributed by atoms with Crippen molar-refractivity contribution in [1.82, 2.24) is 4.98 Å². The number of anilines is 1. The fourth-order valence-electron chi connectivity index (χ4n) is 5.28. The number of thiazole rings is 1. The molecule has 3 aromatic carbocycles. The van der Waals surface area contributed by atoms with Crippen molar-refractivity contribution < 1.29 is 19.1 Å². The Morgan fingerprint density at radius 3 is 2.42 bits per heavy atom. The van der Waals surface area contributed by atoms with Crippen LogP contribution >= 0.6 is 27.3 Å². The summed E-state index contributed by atoms with van der Waals surface area (Å²) in [6, 6.07) is 19.4. The Labute approximate surface area is 216 Å². The van der Waals surface area contributed by atoms with Gasteiger partial charge in [0.2, 0.25) is 11.7 Å². The van der Waals surface area contributed by atoms with Crippen molar-refractivity contribution in [3.63, 3.8) is 0 Å². The second-order valence-corrected chi connectivity index (χ2v) is 10.6. The summed E-state index contributed by atoms with van der Waals surface area (Å²) in [6.07, 6.45) is 0. The topological polar surface area (TPSA) is 111 Å². The summed E-state index contributed by atoms with van der Waals surface area (Å²) in [7, 11) is 0. The van der Waals surface area contributed by atoms with Crippen molar-refractivity contribution in [2.45, 2.75) is 5.41 Å². The molecule has 0 saturated heterocycles. The number of hydrogen-bond acceptors (Lipinski definition) is 7. The Morgan fingerprint density at radius 2 is 1.64 bits per heavy atom. The van der Waals surface area contributed by atoms with E-state index in [1.54, 1.807) is 42.5 Å². The van der Waals surface area contributed by atoms with Gasteiger partial charge < -0.3 is 15.8 Å². The Hall–Kier alpha value is -4.08. The van der Waals surface area contributed by atoms with Crippen LogP contribution in [-0.2, 0) is 14.9 Å². The highest BCUT2D eigenvalue weighted by Crippen LogP contribution is 2.58. The van der Waals surface area contributed by atoms with Gasteiger partial charge in [0.1, 0.15) is 10.4 Å². The zero-order valence-electron chi connectivity index (χ0n) is 18.3. The van der Waals surface area contributed by atoms with E-state index >= 15 is 0 Å². The molecule has 7 nitrogen and oxygen atoms in total. The molecule has 1 aliphatic carbocycles. The number of benzene rings is 3. The molecule has 3 heterocycles. The summed E-state index contributed by atoms with van der Waals surface area (Å²) in [5.41, 5.74) is 7.13. The number of aromatic nitrogens is 1. The number of halogens is 1. The van der Waals surface area contributed by atoms with E-state index in [4.69, 9.17) is 15.5 Å². The minimum Gasteiger partial charge on any atom is -0.437 e. The van der Waals surface area contributed by atoms with Crippen LogP contribution in [0.1, 0.15) is 31.3 Å². The largest absolute Gasteiger partial charge is 0.437 e. The molecule has 2 aliphatic heterocycles. The van der Waals surface area contributed by atoms with Crippen LogP contribution in [0.2, 0.25) is 0 Å². The first-order valence-corrected chi connectivity index (χ1v) is 12.6. The number of ketones is 2. The molecular weight excluding hydrogens is 542 g/mol. The maximum Gasteiger partial charge on any atom is 0.244 e. The van der Waals surface area contributed by atoms with Crippen LogP contribution in [-0.4, -0.2) is 22.5 Å². The van der Waals surface area contributed by atoms with Gasteiger partial charge in [-0.2, -0.15) is 0 Å². The summed E-state index contributed by atoms with van der Waals surface area (Å²) >= 11 is 4.83. The second kappa shape index (κ2) is 7.22. The van der Waals surface area contributed by atoms with Crippen LogP contribution in [0.4, 0.5) is 5.69 Å². The Morgan fingerprint density at radius 1 is 0.917 bits per heavy atom. The molecule has 0 bridgehead atoms. The molecule has 36 heavy (non-hydrogen) atoms. The van der Waals surface area contributed by atoms with Crippen molar-refractivity contribution in [3.05, 3.63) is 110 Å². The molecule has 1 aromatic heterocycles. The number of carbonyl (C=O) groups excluding carboxylic acids is 3. The number of fused-ring (bicyclic) bond motifs is 5. The first kappa shape index (κ1) is 21.2. The van der Waals surface area contributed by atoms with Gasteiger partial charge in [-0.05, 0) is 30.3 Å². The lowest BCUT2D eigenvalue weighted by Crippen LogP contribution is -2.47. The highest BCUT2D eigenvalue weighted by atomic mass is 79.9. The van der Waals surface area contributed by atoms with E-state index in [-0.39, 0.29) is 33.9 Å². The van der Waals surface area contributed by atoms with Gasteiger partial charge in [0, 0.05) is 26.9 Å². The number of ether oxygens (including phenoxy) is 1. The fraction of sp³-hybridized carbons (Fsp3) is 0.0370. The van der Waals surface area contributed by atoms with Crippen molar-refractivity contribution in [3.8, 4) is 0 Å². The Kier molecular flexibility index (Phi) is 4.26. The van der Waals surface area contributed by atoms with E-state index < -0.39 is 22.9 Å². The molecule has 1 spiro atoms. The van der Waals surface area contributed by atoms with Crippen LogP contribution in [0, 0.1) is 0 Å². The van der Waals surface area contributed by atoms with Crippen molar-refractivity contribution in [2.24, 2.45) is 5.73 Å². The van der Waals surface area contributed by atoms with E-state index in [0.717, 1.165) is 10.2 Å². The summed E-state index contributed by atoms with van der Waals surface area (Å²) < 4.78 is 7.49. The minimum atomic E-state index is -1.73. The highest BCUT2D eigenvalue weighted by molar-refractivity contribution is 9.10. The number of allylic oxidation sites excluding steroid dienone is 1. The molecular formula is C27H14BrN3O4S. The number of amides is 1. The molecule has 4 aromatic rings. The van der Waals surface area contributed by atoms with Crippen LogP contribution in [0.25, 0.3) is 15.8 Å². The molecule has 3 aliphatic rings. The molecule has 1 atom stereocenters. The van der Waals surface area contributed by atoms with Crippen LogP contribution in [0.3, 0.4) is 0 Å². The van der Waals surface area contributed by atoms with E-state index in [9.17, 15) is 14.4 Å². The Bertz CT molecular complexity index is 1750. The number of nitrogens with two attached hydrogens (primary N) is 1. The van der Waals surface area contributed by atoms with Crippen molar-refractivity contribution in [2.75, 3.05) is 5.32 Å². The summed E-state index contributed by atoms with van der Waals surface area (Å²) in [5, 5.41) is 3.34. The van der Waals surface area contributed by atoms with E-state index in [1.807, 2.05) is 24.3 Å². The lowest BCUT2D eigenvalue weighted by Gasteiger charge is -2.38. The molecule has 0 radical (unpaired) electrons. The maximum atomic E-state index is 14.1. The lowest BCUT2D eigenvalue weighted by atomic mass is 9.64. The number of Topliss-reactive ketones (excluding diaryl/α,β-unsaturated/α-hetero) is 2. The number of rotatable bonds is 1. The highest BCUT2D eigenvalue weighted by Gasteiger charge is 2.62. The monoisotopic (exact) mass is 555 g/mol. The van der Waals surface area contributed by atoms with Gasteiger partial charge in [-0.3, -0.25) is 14.4 Å². The quantitative estimate of drug-likeness (QED) is 0.344. The second-order valence-electron chi connectivity index (χ2n) is 8.63. The fourth-order valence-corrected chi connectivity index (χ4v) is 6.71. The van der Waals surface area contributed by atoms with Gasteiger partial charge in [-0.25, -0.2) is 4.98 Å². The Balaban J connectivity index is 1.61. The molecule has 174 valence electrons. The van der Waals surface area contributed by atoms with Crippen LogP contribution < -0.4 is 11.1 Å². The van der Waals surface area contributed by atoms with Gasteiger partial charge in [0.05, 0.1) is 21.4 Å². The minimum absolute atomic E-state index is 0.0518. The van der Waals surface area contributed by atoms with Gasteiger partial charge >= 0.3 is 0 Å². The molecule has 1 amide bonds. The zero-order valence-corrected chi connectivity index (χ0v) is 20.7. The average molecular weight is 556 g/mol. The van der Waals surface area contributed by atoms with Gasteiger partial charge in [-0.15, -0.1) is 11.3 Å². The lowest BCUT2D eigenvalue weighted by molar-refractivity contribution is -0.118. The SMILES string of the molecule is NC1=C(c2nc3ccccc3s2)C2(C(=O)Nc3ccc(Br)cc32)C2=C(O1)C(=O)c1ccccc1C2=O. The predicted molar refractivity (Wildman–Crippen MR) is 138 cm³/mol. The number of hydrogen-bond donors (Lipinski definition) is 2. The summed E-state index contributed by atoms with van der Waals surface area (Å²) in [6.45, 7) is 0. The summed E-state index contributed by atoms with van der Waals surface area (Å²) in [5.74, 6) is -1.83. The van der Waals surface area contributed by atoms with Gasteiger partial charge in [0.15, 0.2) is 17.4 Å². The molecule has 1 unspecified atom stereocenters. The number of nitrogens with zero attached hydrogens (tertiary/aromatic N) is 1. The third kappa shape index (κ3) is 2.56. The first-order valence-electron chi connectivity index (χ1n) is 11.0. The van der Waals surface area contributed by atoms with Crippen molar-refractivity contribution >= 4 is 66.2 Å². The molecule has 0 saturated carbocycles. The van der Waals surface area contributed by atoms with Crippen molar-refractivity contribution in [1.29, 1.82) is 0 Å². The normalized spacial score (nSPS) is 20.4. The molecule has 3 N–H and O–H groups in total. The van der Waals surface area contributed by atoms with Crippen LogP contribution in [0.5, 0.6) is 0 Å². The third-order valence-electron chi connectivity index (χ3n) is 6.77. The number of para-hydroxylation sites is 1. The zero-order chi connectivity index (χ0) is 24.8. The molecule has 0 fully saturated rings.